The van der Waals surface area contributed by atoms with Crippen molar-refractivity contribution in [2.45, 2.75) is 18.5 Å². The van der Waals surface area contributed by atoms with Crippen LogP contribution in [0.3, 0.4) is 0 Å². The van der Waals surface area contributed by atoms with Gasteiger partial charge in [-0.15, -0.1) is 11.6 Å². The van der Waals surface area contributed by atoms with E-state index in [4.69, 9.17) is 16.3 Å². The van der Waals surface area contributed by atoms with E-state index in [1.807, 2.05) is 54.6 Å². The number of amides is 1. The average molecular weight is 383 g/mol. The van der Waals surface area contributed by atoms with Crippen molar-refractivity contribution in [1.82, 2.24) is 9.88 Å². The summed E-state index contributed by atoms with van der Waals surface area (Å²) in [6.45, 7) is 0. The quantitative estimate of drug-likeness (QED) is 0.557. The van der Waals surface area contributed by atoms with Crippen LogP contribution in [0.25, 0.3) is 10.9 Å². The number of carbonyl (C=O) groups excluding carboxylic acids is 2. The molecule has 6 heteroatoms. The van der Waals surface area contributed by atoms with Gasteiger partial charge < -0.3 is 14.6 Å². The zero-order valence-corrected chi connectivity index (χ0v) is 15.6. The number of halogens is 1. The molecule has 0 aliphatic carbocycles. The third kappa shape index (κ3) is 2.88. The second-order valence-corrected chi connectivity index (χ2v) is 6.82. The third-order valence-corrected chi connectivity index (χ3v) is 5.35. The summed E-state index contributed by atoms with van der Waals surface area (Å²) >= 11 is 5.90. The molecule has 1 aliphatic heterocycles. The van der Waals surface area contributed by atoms with E-state index in [0.29, 0.717) is 6.42 Å². The van der Waals surface area contributed by atoms with Crippen molar-refractivity contribution in [1.29, 1.82) is 0 Å². The summed E-state index contributed by atoms with van der Waals surface area (Å²) in [6, 6.07) is 16.5. The summed E-state index contributed by atoms with van der Waals surface area (Å²) < 4.78 is 5.02. The van der Waals surface area contributed by atoms with Crippen LogP contribution in [0.4, 0.5) is 0 Å². The second kappa shape index (κ2) is 7.08. The lowest BCUT2D eigenvalue weighted by Crippen LogP contribution is -2.52. The van der Waals surface area contributed by atoms with Crippen molar-refractivity contribution in [3.8, 4) is 0 Å². The molecular formula is C21H19ClN2O3. The maximum Gasteiger partial charge on any atom is 0.328 e. The minimum atomic E-state index is -0.724. The van der Waals surface area contributed by atoms with Crippen molar-refractivity contribution < 1.29 is 14.3 Å². The highest BCUT2D eigenvalue weighted by Crippen LogP contribution is 2.41. The number of fused-ring (bicyclic) bond motifs is 3. The number of para-hydroxylation sites is 1. The molecule has 3 aromatic rings. The van der Waals surface area contributed by atoms with E-state index in [9.17, 15) is 9.59 Å². The van der Waals surface area contributed by atoms with Gasteiger partial charge in [0.15, 0.2) is 0 Å². The molecule has 0 saturated carbocycles. The fourth-order valence-electron chi connectivity index (χ4n) is 3.97. The highest BCUT2D eigenvalue weighted by atomic mass is 35.5. The number of aromatic amines is 1. The number of aromatic nitrogens is 1. The highest BCUT2D eigenvalue weighted by Gasteiger charge is 2.43. The first-order chi connectivity index (χ1) is 13.2. The number of methoxy groups -OCH3 is 1. The van der Waals surface area contributed by atoms with Crippen molar-refractivity contribution in [3.05, 3.63) is 71.4 Å². The highest BCUT2D eigenvalue weighted by molar-refractivity contribution is 6.27. The number of H-pyrrole nitrogens is 1. The topological polar surface area (TPSA) is 62.4 Å². The van der Waals surface area contributed by atoms with Crippen LogP contribution < -0.4 is 0 Å². The molecule has 27 heavy (non-hydrogen) atoms. The Morgan fingerprint density at radius 3 is 2.56 bits per heavy atom. The number of hydrogen-bond donors (Lipinski definition) is 1. The van der Waals surface area contributed by atoms with Crippen LogP contribution in [0.5, 0.6) is 0 Å². The molecule has 2 heterocycles. The Labute approximate surface area is 161 Å². The monoisotopic (exact) mass is 382 g/mol. The van der Waals surface area contributed by atoms with Crippen LogP contribution in [0.15, 0.2) is 54.6 Å². The van der Waals surface area contributed by atoms with Crippen LogP contribution in [0, 0.1) is 0 Å². The van der Waals surface area contributed by atoms with Crippen molar-refractivity contribution in [2.75, 3.05) is 13.0 Å². The normalized spacial score (nSPS) is 19.0. The van der Waals surface area contributed by atoms with Crippen LogP contribution in [-0.2, 0) is 20.7 Å². The third-order valence-electron chi connectivity index (χ3n) is 5.12. The second-order valence-electron chi connectivity index (χ2n) is 6.55. The van der Waals surface area contributed by atoms with Gasteiger partial charge in [0.1, 0.15) is 11.9 Å². The van der Waals surface area contributed by atoms with Crippen molar-refractivity contribution in [2.24, 2.45) is 0 Å². The smallest absolute Gasteiger partial charge is 0.328 e. The van der Waals surface area contributed by atoms with Gasteiger partial charge in [-0.05, 0) is 17.2 Å². The summed E-state index contributed by atoms with van der Waals surface area (Å²) in [5.74, 6) is -0.942. The van der Waals surface area contributed by atoms with Crippen LogP contribution in [-0.4, -0.2) is 40.8 Å². The molecule has 0 saturated heterocycles. The largest absolute Gasteiger partial charge is 0.467 e. The Hall–Kier alpha value is -2.79. The van der Waals surface area contributed by atoms with E-state index in [1.54, 1.807) is 4.90 Å². The van der Waals surface area contributed by atoms with Crippen LogP contribution in [0.1, 0.15) is 22.9 Å². The Morgan fingerprint density at radius 2 is 1.85 bits per heavy atom. The van der Waals surface area contributed by atoms with Gasteiger partial charge in [0.2, 0.25) is 5.91 Å². The van der Waals surface area contributed by atoms with Gasteiger partial charge in [0.25, 0.3) is 0 Å². The number of benzene rings is 2. The lowest BCUT2D eigenvalue weighted by Gasteiger charge is -2.40. The fraction of sp³-hybridized carbons (Fsp3) is 0.238. The van der Waals surface area contributed by atoms with Crippen LogP contribution in [0.2, 0.25) is 0 Å². The molecule has 0 fully saturated rings. The molecule has 4 rings (SSSR count). The predicted molar refractivity (Wildman–Crippen MR) is 104 cm³/mol. The van der Waals surface area contributed by atoms with E-state index in [0.717, 1.165) is 27.7 Å². The van der Waals surface area contributed by atoms with E-state index in [-0.39, 0.29) is 11.8 Å². The number of esters is 1. The summed E-state index contributed by atoms with van der Waals surface area (Å²) in [5, 5.41) is 1.06. The number of hydrogen-bond acceptors (Lipinski definition) is 3. The number of nitrogens with one attached hydrogen (secondary N) is 1. The number of rotatable bonds is 3. The SMILES string of the molecule is COC(=O)[C@@H]1Cc2c([nH]c3ccccc23)C(c2ccccc2)N1C(=O)CCl. The molecule has 1 amide bonds. The molecule has 1 N–H and O–H groups in total. The number of carbonyl (C=O) groups is 2. The zero-order chi connectivity index (χ0) is 19.0. The van der Waals surface area contributed by atoms with Crippen molar-refractivity contribution >= 4 is 34.4 Å². The first-order valence-electron chi connectivity index (χ1n) is 8.75. The van der Waals surface area contributed by atoms with Gasteiger partial charge in [-0.2, -0.15) is 0 Å². The maximum atomic E-state index is 12.8. The molecule has 1 unspecified atom stereocenters. The Bertz CT molecular complexity index is 999. The first-order valence-corrected chi connectivity index (χ1v) is 9.28. The first kappa shape index (κ1) is 17.6. The van der Waals surface area contributed by atoms with Gasteiger partial charge in [-0.3, -0.25) is 4.79 Å². The van der Waals surface area contributed by atoms with Gasteiger partial charge >= 0.3 is 5.97 Å². The van der Waals surface area contributed by atoms with Gasteiger partial charge in [0, 0.05) is 23.0 Å². The number of nitrogens with zero attached hydrogens (tertiary/aromatic N) is 1. The number of alkyl halides is 1. The molecule has 2 atom stereocenters. The van der Waals surface area contributed by atoms with E-state index >= 15 is 0 Å². The molecule has 0 spiro atoms. The molecule has 1 aliphatic rings. The number of ether oxygens (including phenoxy) is 1. The van der Waals surface area contributed by atoms with Crippen molar-refractivity contribution in [3.63, 3.8) is 0 Å². The molecule has 2 aromatic carbocycles. The molecule has 5 nitrogen and oxygen atoms in total. The Kier molecular flexibility index (Phi) is 4.62. The Morgan fingerprint density at radius 1 is 1.15 bits per heavy atom. The van der Waals surface area contributed by atoms with E-state index < -0.39 is 18.1 Å². The van der Waals surface area contributed by atoms with Gasteiger partial charge in [-0.25, -0.2) is 4.79 Å². The van der Waals surface area contributed by atoms with Gasteiger partial charge in [0.05, 0.1) is 13.2 Å². The van der Waals surface area contributed by atoms with Gasteiger partial charge in [-0.1, -0.05) is 48.5 Å². The zero-order valence-electron chi connectivity index (χ0n) is 14.8. The lowest BCUT2D eigenvalue weighted by molar-refractivity contribution is -0.154. The minimum absolute atomic E-state index is 0.202. The standard InChI is InChI=1S/C21H19ClN2O3/c1-27-21(26)17-11-15-14-9-5-6-10-16(14)23-19(15)20(24(17)18(25)12-22)13-7-3-2-4-8-13/h2-10,17,20,23H,11-12H2,1H3/t17-,20?/m0/s1. The molecule has 0 radical (unpaired) electrons. The molecule has 138 valence electrons. The summed E-state index contributed by atoms with van der Waals surface area (Å²) in [6.07, 6.45) is 0.387. The fourth-order valence-corrected chi connectivity index (χ4v) is 4.11. The molecule has 1 aromatic heterocycles. The summed E-state index contributed by atoms with van der Waals surface area (Å²) in [7, 11) is 1.34. The molecule has 0 bridgehead atoms. The Balaban J connectivity index is 1.98. The van der Waals surface area contributed by atoms with E-state index in [1.165, 1.54) is 7.11 Å². The summed E-state index contributed by atoms with van der Waals surface area (Å²) in [5.41, 5.74) is 3.85. The van der Waals surface area contributed by atoms with Crippen LogP contribution >= 0.6 is 11.6 Å². The minimum Gasteiger partial charge on any atom is -0.467 e. The predicted octanol–water partition coefficient (Wildman–Crippen LogP) is 3.42. The maximum absolute atomic E-state index is 12.8. The molecular weight excluding hydrogens is 364 g/mol. The summed E-state index contributed by atoms with van der Waals surface area (Å²) in [4.78, 5) is 30.4. The average Bonchev–Trinajstić information content (AvgIpc) is 3.10. The lowest BCUT2D eigenvalue weighted by atomic mass is 9.88. The van der Waals surface area contributed by atoms with E-state index in [2.05, 4.69) is 4.98 Å².